The zero-order chi connectivity index (χ0) is 13.0. The molecule has 0 aliphatic heterocycles. The van der Waals surface area contributed by atoms with Gasteiger partial charge < -0.3 is 11.1 Å². The molecule has 18 heavy (non-hydrogen) atoms. The maximum absolute atomic E-state index is 12.1. The minimum absolute atomic E-state index is 0.0963. The highest BCUT2D eigenvalue weighted by atomic mass is 16.1. The molecule has 1 heterocycles. The van der Waals surface area contributed by atoms with E-state index in [1.165, 1.54) is 0 Å². The van der Waals surface area contributed by atoms with Gasteiger partial charge in [-0.3, -0.25) is 9.78 Å². The second-order valence-electron chi connectivity index (χ2n) is 5.02. The van der Waals surface area contributed by atoms with Crippen molar-refractivity contribution in [3.63, 3.8) is 0 Å². The standard InChI is InChI=1S/C14H21N3O/c1-10-4-3-7-16-13(10)9-17-14(18)12-6-2-5-11(12)8-15/h3-4,7,11-12H,2,5-6,8-9,15H2,1H3,(H,17,18). The molecular weight excluding hydrogens is 226 g/mol. The molecule has 1 aromatic rings. The summed E-state index contributed by atoms with van der Waals surface area (Å²) < 4.78 is 0. The SMILES string of the molecule is Cc1cccnc1CNC(=O)C1CCCC1CN. The maximum atomic E-state index is 12.1. The first kappa shape index (κ1) is 13.0. The summed E-state index contributed by atoms with van der Waals surface area (Å²) in [7, 11) is 0. The number of amides is 1. The van der Waals surface area contributed by atoms with Crippen LogP contribution in [0.2, 0.25) is 0 Å². The van der Waals surface area contributed by atoms with Gasteiger partial charge in [0.05, 0.1) is 12.2 Å². The van der Waals surface area contributed by atoms with Crippen LogP contribution in [-0.2, 0) is 11.3 Å². The molecule has 4 nitrogen and oxygen atoms in total. The molecule has 0 radical (unpaired) electrons. The van der Waals surface area contributed by atoms with Crippen LogP contribution in [-0.4, -0.2) is 17.4 Å². The lowest BCUT2D eigenvalue weighted by molar-refractivity contribution is -0.126. The number of nitrogens with one attached hydrogen (secondary N) is 1. The Kier molecular flexibility index (Phi) is 4.31. The molecule has 0 aromatic carbocycles. The first-order valence-corrected chi connectivity index (χ1v) is 6.60. The number of rotatable bonds is 4. The fraction of sp³-hybridized carbons (Fsp3) is 0.571. The molecule has 2 rings (SSSR count). The second-order valence-corrected chi connectivity index (χ2v) is 5.02. The summed E-state index contributed by atoms with van der Waals surface area (Å²) in [5.74, 6) is 0.585. The number of nitrogens with zero attached hydrogens (tertiary/aromatic N) is 1. The Balaban J connectivity index is 1.90. The maximum Gasteiger partial charge on any atom is 0.223 e. The van der Waals surface area contributed by atoms with E-state index in [0.717, 1.165) is 30.5 Å². The Morgan fingerprint density at radius 2 is 2.39 bits per heavy atom. The van der Waals surface area contributed by atoms with Crippen molar-refractivity contribution < 1.29 is 4.79 Å². The minimum Gasteiger partial charge on any atom is -0.350 e. The third kappa shape index (κ3) is 2.88. The van der Waals surface area contributed by atoms with Gasteiger partial charge in [-0.1, -0.05) is 12.5 Å². The molecule has 4 heteroatoms. The third-order valence-corrected chi connectivity index (χ3v) is 3.85. The van der Waals surface area contributed by atoms with Crippen LogP contribution in [0.4, 0.5) is 0 Å². The predicted molar refractivity (Wildman–Crippen MR) is 70.7 cm³/mol. The molecule has 1 aliphatic rings. The number of carbonyl (C=O) groups excluding carboxylic acids is 1. The van der Waals surface area contributed by atoms with Crippen molar-refractivity contribution >= 4 is 5.91 Å². The Morgan fingerprint density at radius 1 is 1.56 bits per heavy atom. The fourth-order valence-corrected chi connectivity index (χ4v) is 2.67. The van der Waals surface area contributed by atoms with E-state index in [2.05, 4.69) is 10.3 Å². The summed E-state index contributed by atoms with van der Waals surface area (Å²) in [6.07, 6.45) is 4.92. The average Bonchev–Trinajstić information content (AvgIpc) is 2.86. The Labute approximate surface area is 108 Å². The largest absolute Gasteiger partial charge is 0.350 e. The molecule has 3 N–H and O–H groups in total. The van der Waals surface area contributed by atoms with Crippen LogP contribution in [0.25, 0.3) is 0 Å². The van der Waals surface area contributed by atoms with Crippen LogP contribution >= 0.6 is 0 Å². The van der Waals surface area contributed by atoms with Crippen molar-refractivity contribution in [1.82, 2.24) is 10.3 Å². The van der Waals surface area contributed by atoms with Crippen molar-refractivity contribution in [1.29, 1.82) is 0 Å². The van der Waals surface area contributed by atoms with Crippen LogP contribution in [0.15, 0.2) is 18.3 Å². The van der Waals surface area contributed by atoms with E-state index >= 15 is 0 Å². The van der Waals surface area contributed by atoms with Gasteiger partial charge in [0, 0.05) is 12.1 Å². The Hall–Kier alpha value is -1.42. The smallest absolute Gasteiger partial charge is 0.223 e. The average molecular weight is 247 g/mol. The van der Waals surface area contributed by atoms with Gasteiger partial charge in [-0.2, -0.15) is 0 Å². The van der Waals surface area contributed by atoms with Crippen LogP contribution < -0.4 is 11.1 Å². The summed E-state index contributed by atoms with van der Waals surface area (Å²) in [4.78, 5) is 16.4. The molecule has 1 saturated carbocycles. The molecule has 0 spiro atoms. The number of hydrogen-bond donors (Lipinski definition) is 2. The molecule has 0 bridgehead atoms. The van der Waals surface area contributed by atoms with Crippen molar-refractivity contribution in [3.8, 4) is 0 Å². The van der Waals surface area contributed by atoms with E-state index in [-0.39, 0.29) is 11.8 Å². The number of aromatic nitrogens is 1. The van der Waals surface area contributed by atoms with Gasteiger partial charge in [-0.05, 0) is 43.9 Å². The van der Waals surface area contributed by atoms with Gasteiger partial charge in [0.2, 0.25) is 5.91 Å². The molecule has 98 valence electrons. The number of aryl methyl sites for hydroxylation is 1. The predicted octanol–water partition coefficient (Wildman–Crippen LogP) is 1.38. The molecular formula is C14H21N3O. The lowest BCUT2D eigenvalue weighted by Crippen LogP contribution is -2.35. The topological polar surface area (TPSA) is 68.0 Å². The Morgan fingerprint density at radius 3 is 3.11 bits per heavy atom. The summed E-state index contributed by atoms with van der Waals surface area (Å²) in [6.45, 7) is 3.13. The first-order valence-electron chi connectivity index (χ1n) is 6.60. The fourth-order valence-electron chi connectivity index (χ4n) is 2.67. The van der Waals surface area contributed by atoms with Crippen LogP contribution in [0, 0.1) is 18.8 Å². The van der Waals surface area contributed by atoms with Crippen molar-refractivity contribution in [3.05, 3.63) is 29.6 Å². The van der Waals surface area contributed by atoms with Gasteiger partial charge in [0.15, 0.2) is 0 Å². The van der Waals surface area contributed by atoms with E-state index in [1.807, 2.05) is 19.1 Å². The van der Waals surface area contributed by atoms with Crippen LogP contribution in [0.5, 0.6) is 0 Å². The lowest BCUT2D eigenvalue weighted by Gasteiger charge is -2.17. The van der Waals surface area contributed by atoms with Crippen molar-refractivity contribution in [2.75, 3.05) is 6.54 Å². The monoisotopic (exact) mass is 247 g/mol. The highest BCUT2D eigenvalue weighted by Gasteiger charge is 2.31. The molecule has 0 saturated heterocycles. The summed E-state index contributed by atoms with van der Waals surface area (Å²) in [6, 6.07) is 3.91. The highest BCUT2D eigenvalue weighted by molar-refractivity contribution is 5.79. The molecule has 1 aromatic heterocycles. The zero-order valence-electron chi connectivity index (χ0n) is 10.9. The molecule has 2 unspecified atom stereocenters. The quantitative estimate of drug-likeness (QED) is 0.844. The molecule has 2 atom stereocenters. The van der Waals surface area contributed by atoms with Gasteiger partial charge in [0.1, 0.15) is 0 Å². The molecule has 1 amide bonds. The normalized spacial score (nSPS) is 23.0. The molecule has 1 fully saturated rings. The van der Waals surface area contributed by atoms with Gasteiger partial charge in [-0.25, -0.2) is 0 Å². The van der Waals surface area contributed by atoms with E-state index in [4.69, 9.17) is 5.73 Å². The van der Waals surface area contributed by atoms with Gasteiger partial charge in [0.25, 0.3) is 0 Å². The van der Waals surface area contributed by atoms with E-state index in [0.29, 0.717) is 19.0 Å². The van der Waals surface area contributed by atoms with Gasteiger partial charge in [-0.15, -0.1) is 0 Å². The lowest BCUT2D eigenvalue weighted by atomic mass is 9.95. The number of pyridine rings is 1. The summed E-state index contributed by atoms with van der Waals surface area (Å²) >= 11 is 0. The third-order valence-electron chi connectivity index (χ3n) is 3.85. The summed E-state index contributed by atoms with van der Waals surface area (Å²) in [5, 5.41) is 2.99. The van der Waals surface area contributed by atoms with Crippen molar-refractivity contribution in [2.45, 2.75) is 32.7 Å². The van der Waals surface area contributed by atoms with E-state index < -0.39 is 0 Å². The van der Waals surface area contributed by atoms with E-state index in [9.17, 15) is 4.79 Å². The number of hydrogen-bond acceptors (Lipinski definition) is 3. The van der Waals surface area contributed by atoms with Crippen molar-refractivity contribution in [2.24, 2.45) is 17.6 Å². The zero-order valence-corrected chi connectivity index (χ0v) is 10.9. The first-order chi connectivity index (χ1) is 8.72. The van der Waals surface area contributed by atoms with Crippen LogP contribution in [0.3, 0.4) is 0 Å². The van der Waals surface area contributed by atoms with Gasteiger partial charge >= 0.3 is 0 Å². The number of nitrogens with two attached hydrogens (primary N) is 1. The summed E-state index contributed by atoms with van der Waals surface area (Å²) in [5.41, 5.74) is 7.75. The second kappa shape index (κ2) is 5.96. The van der Waals surface area contributed by atoms with Crippen LogP contribution in [0.1, 0.15) is 30.5 Å². The highest BCUT2D eigenvalue weighted by Crippen LogP contribution is 2.30. The Bertz CT molecular complexity index is 419. The number of carbonyl (C=O) groups is 1. The minimum atomic E-state index is 0.0963. The molecule has 1 aliphatic carbocycles. The van der Waals surface area contributed by atoms with E-state index in [1.54, 1.807) is 6.20 Å².